The molecule has 0 radical (unpaired) electrons. The predicted octanol–water partition coefficient (Wildman–Crippen LogP) is 5.98. The number of hydrogen-bond donors (Lipinski definition) is 0. The van der Waals surface area contributed by atoms with Crippen molar-refractivity contribution in [2.45, 2.75) is 58.4 Å². The topological polar surface area (TPSA) is 57.5 Å². The molecule has 0 N–H and O–H groups in total. The van der Waals surface area contributed by atoms with Crippen molar-refractivity contribution in [3.63, 3.8) is 0 Å². The van der Waals surface area contributed by atoms with Crippen LogP contribution >= 0.6 is 11.8 Å². The van der Waals surface area contributed by atoms with E-state index >= 15 is 0 Å². The molecule has 0 saturated carbocycles. The highest BCUT2D eigenvalue weighted by Crippen LogP contribution is 2.49. The second-order valence-corrected chi connectivity index (χ2v) is 9.87. The van der Waals surface area contributed by atoms with Crippen LogP contribution in [-0.4, -0.2) is 16.8 Å². The van der Waals surface area contributed by atoms with Gasteiger partial charge in [0.25, 0.3) is 5.56 Å². The van der Waals surface area contributed by atoms with Crippen LogP contribution in [0.1, 0.15) is 61.6 Å². The van der Waals surface area contributed by atoms with Gasteiger partial charge in [-0.15, -0.1) is 11.8 Å². The molecule has 2 aliphatic rings. The second kappa shape index (κ2) is 8.99. The molecule has 0 bridgehead atoms. The highest BCUT2D eigenvalue weighted by atomic mass is 32.2. The molecule has 0 aliphatic carbocycles. The van der Waals surface area contributed by atoms with Crippen LogP contribution in [-0.2, 0) is 27.4 Å². The highest BCUT2D eigenvalue weighted by Gasteiger charge is 2.42. The van der Waals surface area contributed by atoms with Gasteiger partial charge in [-0.2, -0.15) is 0 Å². The summed E-state index contributed by atoms with van der Waals surface area (Å²) < 4.78 is 12.6. The van der Waals surface area contributed by atoms with Crippen LogP contribution in [0.2, 0.25) is 0 Å². The normalized spacial score (nSPS) is 20.5. The highest BCUT2D eigenvalue weighted by molar-refractivity contribution is 7.99. The van der Waals surface area contributed by atoms with Gasteiger partial charge in [-0.05, 0) is 77.6 Å². The van der Waals surface area contributed by atoms with E-state index in [9.17, 15) is 9.59 Å². The Morgan fingerprint density at radius 2 is 2.00 bits per heavy atom. The number of rotatable bonds is 5. The maximum atomic E-state index is 13.6. The van der Waals surface area contributed by atoms with Crippen molar-refractivity contribution in [3.8, 4) is 5.75 Å². The van der Waals surface area contributed by atoms with Gasteiger partial charge in [0.1, 0.15) is 18.1 Å². The Morgan fingerprint density at radius 1 is 1.26 bits per heavy atom. The van der Waals surface area contributed by atoms with Gasteiger partial charge in [0.15, 0.2) is 0 Å². The number of ether oxygens (including phenoxy) is 2. The Hall–Kier alpha value is -2.99. The number of pyridine rings is 1. The van der Waals surface area contributed by atoms with Crippen molar-refractivity contribution in [1.82, 2.24) is 4.57 Å². The van der Waals surface area contributed by atoms with Crippen molar-refractivity contribution in [2.75, 3.05) is 6.26 Å². The lowest BCUT2D eigenvalue weighted by atomic mass is 9.87. The molecule has 2 aromatic rings. The van der Waals surface area contributed by atoms with Crippen molar-refractivity contribution in [3.05, 3.63) is 87.1 Å². The van der Waals surface area contributed by atoms with E-state index in [2.05, 4.69) is 33.1 Å². The van der Waals surface area contributed by atoms with Gasteiger partial charge in [0.2, 0.25) is 0 Å². The SMILES string of the molecule is C=C1/C(=C(/CC)c2cc(OC(C)=O)ccc2C)Cn2c1cc1c(c2=O)COC(=C)[C@@]1(CC)SC. The fourth-order valence-electron chi connectivity index (χ4n) is 5.19. The van der Waals surface area contributed by atoms with Gasteiger partial charge in [0, 0.05) is 6.92 Å². The number of thioether (sulfide) groups is 1. The maximum Gasteiger partial charge on any atom is 0.308 e. The fraction of sp³-hybridized carbons (Fsp3) is 0.357. The number of benzene rings is 1. The van der Waals surface area contributed by atoms with Crippen LogP contribution in [0.5, 0.6) is 5.75 Å². The molecule has 3 heterocycles. The van der Waals surface area contributed by atoms with Crippen molar-refractivity contribution in [1.29, 1.82) is 0 Å². The summed E-state index contributed by atoms with van der Waals surface area (Å²) in [6, 6.07) is 7.78. The van der Waals surface area contributed by atoms with Crippen LogP contribution in [0.25, 0.3) is 11.1 Å². The number of esters is 1. The minimum absolute atomic E-state index is 0.0242. The first-order chi connectivity index (χ1) is 16.2. The van der Waals surface area contributed by atoms with Gasteiger partial charge < -0.3 is 14.0 Å². The first kappa shape index (κ1) is 24.1. The van der Waals surface area contributed by atoms with E-state index < -0.39 is 4.75 Å². The minimum Gasteiger partial charge on any atom is -0.492 e. The van der Waals surface area contributed by atoms with Crippen LogP contribution in [0.4, 0.5) is 0 Å². The Balaban J connectivity index is 1.89. The lowest BCUT2D eigenvalue weighted by molar-refractivity contribution is -0.131. The molecular formula is C28H31NO4S. The Kier molecular flexibility index (Phi) is 6.38. The molecule has 1 atom stereocenters. The standard InChI is InChI=1S/C28H31NO4S/c1-8-21(22-12-20(33-19(6)30)11-10-16(22)3)23-14-29-26(17(23)4)13-25-24(27(29)31)15-32-18(5)28(25,9-2)34-7/h10-13H,4-5,8-9,14-15H2,1-3,6-7H3/b23-21-/t28-/m1/s1. The molecule has 0 fully saturated rings. The minimum atomic E-state index is -0.447. The summed E-state index contributed by atoms with van der Waals surface area (Å²) in [5.41, 5.74) is 7.59. The van der Waals surface area contributed by atoms with Gasteiger partial charge in [-0.1, -0.05) is 33.1 Å². The number of aromatic nitrogens is 1. The van der Waals surface area contributed by atoms with Gasteiger partial charge >= 0.3 is 5.97 Å². The zero-order chi connectivity index (χ0) is 24.8. The smallest absolute Gasteiger partial charge is 0.308 e. The number of hydrogen-bond acceptors (Lipinski definition) is 5. The summed E-state index contributed by atoms with van der Waals surface area (Å²) in [6.45, 7) is 16.9. The summed E-state index contributed by atoms with van der Waals surface area (Å²) in [5, 5.41) is 0. The van der Waals surface area contributed by atoms with Crippen molar-refractivity contribution >= 4 is 28.9 Å². The second-order valence-electron chi connectivity index (χ2n) is 8.77. The predicted molar refractivity (Wildman–Crippen MR) is 139 cm³/mol. The van der Waals surface area contributed by atoms with Crippen molar-refractivity contribution in [2.24, 2.45) is 0 Å². The summed E-state index contributed by atoms with van der Waals surface area (Å²) in [4.78, 5) is 25.1. The van der Waals surface area contributed by atoms with Crippen LogP contribution in [0.3, 0.4) is 0 Å². The molecule has 34 heavy (non-hydrogen) atoms. The van der Waals surface area contributed by atoms with E-state index in [0.717, 1.165) is 51.9 Å². The zero-order valence-corrected chi connectivity index (χ0v) is 21.4. The summed E-state index contributed by atoms with van der Waals surface area (Å²) in [5.74, 6) is 0.856. The van der Waals surface area contributed by atoms with Gasteiger partial charge in [-0.25, -0.2) is 0 Å². The number of allylic oxidation sites excluding steroid dienone is 3. The molecule has 0 saturated heterocycles. The Morgan fingerprint density at radius 3 is 2.62 bits per heavy atom. The number of carbonyl (C=O) groups excluding carboxylic acids is 1. The third-order valence-corrected chi connectivity index (χ3v) is 8.46. The molecule has 5 nitrogen and oxygen atoms in total. The van der Waals surface area contributed by atoms with Gasteiger partial charge in [0.05, 0.1) is 22.5 Å². The largest absolute Gasteiger partial charge is 0.492 e. The lowest BCUT2D eigenvalue weighted by Crippen LogP contribution is -2.37. The summed E-state index contributed by atoms with van der Waals surface area (Å²) >= 11 is 1.66. The average Bonchev–Trinajstić information content (AvgIpc) is 3.13. The summed E-state index contributed by atoms with van der Waals surface area (Å²) in [6.07, 6.45) is 3.57. The van der Waals surface area contributed by atoms with E-state index in [4.69, 9.17) is 9.47 Å². The average molecular weight is 478 g/mol. The molecule has 0 spiro atoms. The van der Waals surface area contributed by atoms with Crippen LogP contribution in [0.15, 0.2) is 53.6 Å². The van der Waals surface area contributed by atoms with Crippen LogP contribution < -0.4 is 10.3 Å². The molecular weight excluding hydrogens is 446 g/mol. The molecule has 6 heteroatoms. The van der Waals surface area contributed by atoms with Crippen molar-refractivity contribution < 1.29 is 14.3 Å². The monoisotopic (exact) mass is 477 g/mol. The van der Waals surface area contributed by atoms with Crippen LogP contribution in [0, 0.1) is 6.92 Å². The first-order valence-electron chi connectivity index (χ1n) is 11.5. The third-order valence-electron chi connectivity index (χ3n) is 7.03. The third kappa shape index (κ3) is 3.65. The van der Waals surface area contributed by atoms with E-state index in [0.29, 0.717) is 23.6 Å². The lowest BCUT2D eigenvalue weighted by Gasteiger charge is -2.38. The quantitative estimate of drug-likeness (QED) is 0.391. The number of fused-ring (bicyclic) bond motifs is 2. The molecule has 4 rings (SSSR count). The summed E-state index contributed by atoms with van der Waals surface area (Å²) in [7, 11) is 0. The van der Waals surface area contributed by atoms with Gasteiger partial charge in [-0.3, -0.25) is 9.59 Å². The Labute approximate surface area is 205 Å². The fourth-order valence-corrected chi connectivity index (χ4v) is 6.16. The number of carbonyl (C=O) groups is 1. The molecule has 178 valence electrons. The van der Waals surface area contributed by atoms with E-state index in [1.165, 1.54) is 6.92 Å². The van der Waals surface area contributed by atoms with E-state index in [-0.39, 0.29) is 18.1 Å². The molecule has 1 aromatic carbocycles. The zero-order valence-electron chi connectivity index (χ0n) is 20.5. The maximum absolute atomic E-state index is 13.6. The first-order valence-corrected chi connectivity index (χ1v) is 12.8. The molecule has 0 unspecified atom stereocenters. The molecule has 0 amide bonds. The van der Waals surface area contributed by atoms with E-state index in [1.54, 1.807) is 17.8 Å². The number of aryl methyl sites for hydroxylation is 1. The molecule has 2 aliphatic heterocycles. The van der Waals surface area contributed by atoms with E-state index in [1.807, 2.05) is 29.9 Å². The Bertz CT molecular complexity index is 1310. The molecule has 1 aromatic heterocycles. The number of nitrogens with zero attached hydrogens (tertiary/aromatic N) is 1.